The first-order valence-electron chi connectivity index (χ1n) is 5.97. The first kappa shape index (κ1) is 14.1. The van der Waals surface area contributed by atoms with Gasteiger partial charge in [0.05, 0.1) is 11.4 Å². The van der Waals surface area contributed by atoms with E-state index in [1.807, 2.05) is 22.9 Å². The summed E-state index contributed by atoms with van der Waals surface area (Å²) >= 11 is 0. The summed E-state index contributed by atoms with van der Waals surface area (Å²) < 4.78 is 25.8. The minimum absolute atomic E-state index is 0.0630. The molecule has 0 bridgehead atoms. The van der Waals surface area contributed by atoms with Gasteiger partial charge in [0.25, 0.3) is 15.9 Å². The second-order valence-electron chi connectivity index (χ2n) is 4.06. The lowest BCUT2D eigenvalue weighted by atomic mass is 10.3. The normalized spacial score (nSPS) is 10.8. The fourth-order valence-corrected chi connectivity index (χ4v) is 2.59. The number of benzene rings is 2. The number of carbonyl (C=O) groups is 1. The van der Waals surface area contributed by atoms with Crippen molar-refractivity contribution in [2.75, 3.05) is 11.9 Å². The summed E-state index contributed by atoms with van der Waals surface area (Å²) in [6.07, 6.45) is 0. The van der Waals surface area contributed by atoms with Crippen LogP contribution in [0.15, 0.2) is 65.6 Å². The summed E-state index contributed by atoms with van der Waals surface area (Å²) in [6, 6.07) is 16.8. The summed E-state index contributed by atoms with van der Waals surface area (Å²) in [5.74, 6) is -0.613. The first-order valence-corrected chi connectivity index (χ1v) is 7.46. The Balaban J connectivity index is 1.95. The molecular weight excluding hydrogens is 276 g/mol. The molecule has 2 rings (SSSR count). The summed E-state index contributed by atoms with van der Waals surface area (Å²) in [5.41, 5.74) is 0.750. The Labute approximate surface area is 117 Å². The lowest BCUT2D eigenvalue weighted by molar-refractivity contribution is -0.117. The maximum absolute atomic E-state index is 11.9. The second kappa shape index (κ2) is 6.21. The molecule has 6 heteroatoms. The number of para-hydroxylation sites is 1. The molecule has 104 valence electrons. The lowest BCUT2D eigenvalue weighted by Crippen LogP contribution is -2.35. The number of rotatable bonds is 5. The highest BCUT2D eigenvalue weighted by Gasteiger charge is 2.16. The van der Waals surface area contributed by atoms with Crippen LogP contribution >= 0.6 is 0 Å². The van der Waals surface area contributed by atoms with Gasteiger partial charge in [-0.3, -0.25) is 4.79 Å². The van der Waals surface area contributed by atoms with Gasteiger partial charge in [-0.25, -0.2) is 13.1 Å². The number of hydrogen-bond acceptors (Lipinski definition) is 4. The monoisotopic (exact) mass is 290 g/mol. The van der Waals surface area contributed by atoms with Crippen molar-refractivity contribution in [3.8, 4) is 0 Å². The van der Waals surface area contributed by atoms with Crippen molar-refractivity contribution in [3.63, 3.8) is 0 Å². The maximum Gasteiger partial charge on any atom is 0.264 e. The average Bonchev–Trinajstić information content (AvgIpc) is 2.47. The van der Waals surface area contributed by atoms with Gasteiger partial charge in [0.15, 0.2) is 0 Å². The third kappa shape index (κ3) is 3.83. The predicted molar refractivity (Wildman–Crippen MR) is 76.7 cm³/mol. The largest absolute Gasteiger partial charge is 0.376 e. The van der Waals surface area contributed by atoms with Crippen LogP contribution in [0.5, 0.6) is 0 Å². The molecule has 0 aliphatic heterocycles. The Hall–Kier alpha value is -2.34. The van der Waals surface area contributed by atoms with Gasteiger partial charge in [-0.1, -0.05) is 36.4 Å². The quantitative estimate of drug-likeness (QED) is 0.877. The Morgan fingerprint density at radius 2 is 1.45 bits per heavy atom. The van der Waals surface area contributed by atoms with E-state index in [0.29, 0.717) is 0 Å². The SMILES string of the molecule is O=C(CNc1ccccc1)NS(=O)(=O)c1ccccc1. The zero-order valence-corrected chi connectivity index (χ0v) is 11.4. The fraction of sp³-hybridized carbons (Fsp3) is 0.0714. The highest BCUT2D eigenvalue weighted by Crippen LogP contribution is 2.07. The van der Waals surface area contributed by atoms with Crippen molar-refractivity contribution in [1.29, 1.82) is 0 Å². The molecule has 0 saturated heterocycles. The Bertz CT molecular complexity index is 670. The first-order chi connectivity index (χ1) is 9.58. The zero-order valence-electron chi connectivity index (χ0n) is 10.6. The molecule has 0 aliphatic rings. The van der Waals surface area contributed by atoms with Crippen molar-refractivity contribution in [1.82, 2.24) is 4.72 Å². The zero-order chi connectivity index (χ0) is 14.4. The van der Waals surface area contributed by atoms with E-state index in [-0.39, 0.29) is 11.4 Å². The van der Waals surface area contributed by atoms with E-state index in [9.17, 15) is 13.2 Å². The van der Waals surface area contributed by atoms with Gasteiger partial charge in [0.2, 0.25) is 0 Å². The van der Waals surface area contributed by atoms with Gasteiger partial charge in [-0.15, -0.1) is 0 Å². The van der Waals surface area contributed by atoms with E-state index >= 15 is 0 Å². The molecule has 0 radical (unpaired) electrons. The van der Waals surface area contributed by atoms with Crippen LogP contribution in [0.4, 0.5) is 5.69 Å². The van der Waals surface area contributed by atoms with Crippen LogP contribution in [0.1, 0.15) is 0 Å². The lowest BCUT2D eigenvalue weighted by Gasteiger charge is -2.08. The van der Waals surface area contributed by atoms with Crippen LogP contribution in [0.2, 0.25) is 0 Å². The van der Waals surface area contributed by atoms with Gasteiger partial charge in [0.1, 0.15) is 0 Å². The van der Waals surface area contributed by atoms with Crippen molar-refractivity contribution in [2.24, 2.45) is 0 Å². The molecule has 0 saturated carbocycles. The summed E-state index contributed by atoms with van der Waals surface area (Å²) in [5, 5.41) is 2.84. The van der Waals surface area contributed by atoms with Crippen LogP contribution in [0.3, 0.4) is 0 Å². The highest BCUT2D eigenvalue weighted by molar-refractivity contribution is 7.90. The Kier molecular flexibility index (Phi) is 4.37. The van der Waals surface area contributed by atoms with Crippen molar-refractivity contribution in [3.05, 3.63) is 60.7 Å². The van der Waals surface area contributed by atoms with Gasteiger partial charge in [-0.05, 0) is 24.3 Å². The van der Waals surface area contributed by atoms with Crippen molar-refractivity contribution < 1.29 is 13.2 Å². The smallest absolute Gasteiger partial charge is 0.264 e. The summed E-state index contributed by atoms with van der Waals surface area (Å²) in [6.45, 7) is -0.115. The highest BCUT2D eigenvalue weighted by atomic mass is 32.2. The number of nitrogens with one attached hydrogen (secondary N) is 2. The van der Waals surface area contributed by atoms with Gasteiger partial charge < -0.3 is 5.32 Å². The third-order valence-corrected chi connectivity index (χ3v) is 3.92. The molecule has 0 aliphatic carbocycles. The second-order valence-corrected chi connectivity index (χ2v) is 5.74. The topological polar surface area (TPSA) is 75.3 Å². The van der Waals surface area contributed by atoms with Crippen LogP contribution < -0.4 is 10.0 Å². The van der Waals surface area contributed by atoms with E-state index in [1.54, 1.807) is 30.3 Å². The number of amides is 1. The maximum atomic E-state index is 11.9. The minimum Gasteiger partial charge on any atom is -0.376 e. The van der Waals surface area contributed by atoms with Gasteiger partial charge in [-0.2, -0.15) is 0 Å². The standard InChI is InChI=1S/C14H14N2O3S/c17-14(11-15-12-7-3-1-4-8-12)16-20(18,19)13-9-5-2-6-10-13/h1-10,15H,11H2,(H,16,17). The van der Waals surface area contributed by atoms with Crippen molar-refractivity contribution in [2.45, 2.75) is 4.90 Å². The number of carbonyl (C=O) groups excluding carboxylic acids is 1. The molecule has 0 fully saturated rings. The van der Waals surface area contributed by atoms with Crippen LogP contribution in [-0.4, -0.2) is 20.9 Å². The van der Waals surface area contributed by atoms with Crippen molar-refractivity contribution >= 4 is 21.6 Å². The van der Waals surface area contributed by atoms with Crippen LogP contribution in [-0.2, 0) is 14.8 Å². The molecule has 2 aromatic rings. The molecule has 5 nitrogen and oxygen atoms in total. The number of anilines is 1. The molecular formula is C14H14N2O3S. The summed E-state index contributed by atoms with van der Waals surface area (Å²) in [4.78, 5) is 11.7. The molecule has 2 aromatic carbocycles. The van der Waals surface area contributed by atoms with Gasteiger partial charge >= 0.3 is 0 Å². The van der Waals surface area contributed by atoms with E-state index < -0.39 is 15.9 Å². The van der Waals surface area contributed by atoms with E-state index in [2.05, 4.69) is 5.32 Å². The average molecular weight is 290 g/mol. The van der Waals surface area contributed by atoms with Crippen LogP contribution in [0.25, 0.3) is 0 Å². The van der Waals surface area contributed by atoms with Crippen LogP contribution in [0, 0.1) is 0 Å². The molecule has 1 amide bonds. The molecule has 0 aromatic heterocycles. The molecule has 20 heavy (non-hydrogen) atoms. The summed E-state index contributed by atoms with van der Waals surface area (Å²) in [7, 11) is -3.80. The van der Waals surface area contributed by atoms with E-state index in [1.165, 1.54) is 12.1 Å². The number of sulfonamides is 1. The Morgan fingerprint density at radius 3 is 2.05 bits per heavy atom. The van der Waals surface area contributed by atoms with E-state index in [0.717, 1.165) is 5.69 Å². The predicted octanol–water partition coefficient (Wildman–Crippen LogP) is 1.60. The Morgan fingerprint density at radius 1 is 0.900 bits per heavy atom. The molecule has 0 heterocycles. The number of hydrogen-bond donors (Lipinski definition) is 2. The molecule has 0 unspecified atom stereocenters. The fourth-order valence-electron chi connectivity index (χ4n) is 1.58. The third-order valence-electron chi connectivity index (χ3n) is 2.53. The van der Waals surface area contributed by atoms with Gasteiger partial charge in [0, 0.05) is 5.69 Å². The molecule has 2 N–H and O–H groups in total. The molecule has 0 spiro atoms. The minimum atomic E-state index is -3.80. The van der Waals surface area contributed by atoms with E-state index in [4.69, 9.17) is 0 Å². The molecule has 0 atom stereocenters.